The van der Waals surface area contributed by atoms with Gasteiger partial charge >= 0.3 is 0 Å². The van der Waals surface area contributed by atoms with Crippen molar-refractivity contribution in [1.82, 2.24) is 14.9 Å². The molecular formula is C18H20N4O. The molecule has 5 nitrogen and oxygen atoms in total. The fourth-order valence-electron chi connectivity index (χ4n) is 3.09. The lowest BCUT2D eigenvalue weighted by Crippen LogP contribution is -2.46. The third kappa shape index (κ3) is 2.68. The standard InChI is InChI=1S/C18H20N4O/c1-2-21-9-11-22(12-10-21)18-14-6-3-4-7-15(14)19-17(20-18)16-8-5-13-23-16/h3-8,13H,2,9-12H2,1H3. The summed E-state index contributed by atoms with van der Waals surface area (Å²) in [5.41, 5.74) is 0.960. The Morgan fingerprint density at radius 3 is 2.57 bits per heavy atom. The van der Waals surface area contributed by atoms with Crippen LogP contribution in [-0.2, 0) is 0 Å². The van der Waals surface area contributed by atoms with Crippen LogP contribution in [0.1, 0.15) is 6.92 Å². The minimum Gasteiger partial charge on any atom is -0.461 e. The minimum absolute atomic E-state index is 0.654. The molecule has 3 heterocycles. The summed E-state index contributed by atoms with van der Waals surface area (Å²) >= 11 is 0. The lowest BCUT2D eigenvalue weighted by molar-refractivity contribution is 0.271. The van der Waals surface area contributed by atoms with Crippen LogP contribution in [0.15, 0.2) is 47.1 Å². The number of aromatic nitrogens is 2. The number of anilines is 1. The Hall–Kier alpha value is -2.40. The largest absolute Gasteiger partial charge is 0.461 e. The van der Waals surface area contributed by atoms with E-state index < -0.39 is 0 Å². The van der Waals surface area contributed by atoms with Gasteiger partial charge in [-0.05, 0) is 30.8 Å². The highest BCUT2D eigenvalue weighted by Crippen LogP contribution is 2.28. The fourth-order valence-corrected chi connectivity index (χ4v) is 3.09. The molecule has 0 unspecified atom stereocenters. The van der Waals surface area contributed by atoms with Crippen molar-refractivity contribution in [3.63, 3.8) is 0 Å². The molecule has 0 N–H and O–H groups in total. The monoisotopic (exact) mass is 308 g/mol. The lowest BCUT2D eigenvalue weighted by atomic mass is 10.2. The number of likely N-dealkylation sites (N-methyl/N-ethyl adjacent to an activating group) is 1. The second-order valence-corrected chi connectivity index (χ2v) is 5.79. The van der Waals surface area contributed by atoms with E-state index in [9.17, 15) is 0 Å². The normalized spacial score (nSPS) is 16.1. The van der Waals surface area contributed by atoms with Gasteiger partial charge in [0.15, 0.2) is 11.6 Å². The topological polar surface area (TPSA) is 45.4 Å². The number of rotatable bonds is 3. The van der Waals surface area contributed by atoms with Gasteiger partial charge in [0.05, 0.1) is 11.8 Å². The van der Waals surface area contributed by atoms with E-state index in [0.717, 1.165) is 49.4 Å². The molecule has 0 aliphatic carbocycles. The summed E-state index contributed by atoms with van der Waals surface area (Å²) in [5, 5.41) is 1.10. The highest BCUT2D eigenvalue weighted by Gasteiger charge is 2.20. The van der Waals surface area contributed by atoms with Crippen molar-refractivity contribution < 1.29 is 4.42 Å². The number of hydrogen-bond acceptors (Lipinski definition) is 5. The molecular weight excluding hydrogens is 288 g/mol. The zero-order valence-electron chi connectivity index (χ0n) is 13.3. The molecule has 0 amide bonds. The van der Waals surface area contributed by atoms with Crippen molar-refractivity contribution in [2.75, 3.05) is 37.6 Å². The Morgan fingerprint density at radius 2 is 1.83 bits per heavy atom. The van der Waals surface area contributed by atoms with Gasteiger partial charge in [0.25, 0.3) is 0 Å². The summed E-state index contributed by atoms with van der Waals surface area (Å²) < 4.78 is 5.49. The zero-order valence-corrected chi connectivity index (χ0v) is 13.3. The predicted molar refractivity (Wildman–Crippen MR) is 91.6 cm³/mol. The molecule has 1 aliphatic heterocycles. The van der Waals surface area contributed by atoms with Crippen molar-refractivity contribution in [3.05, 3.63) is 42.7 Å². The van der Waals surface area contributed by atoms with Gasteiger partial charge in [-0.2, -0.15) is 0 Å². The number of nitrogens with zero attached hydrogens (tertiary/aromatic N) is 4. The lowest BCUT2D eigenvalue weighted by Gasteiger charge is -2.35. The van der Waals surface area contributed by atoms with E-state index in [1.54, 1.807) is 6.26 Å². The Labute approximate surface area is 135 Å². The van der Waals surface area contributed by atoms with Crippen LogP contribution in [0.5, 0.6) is 0 Å². The van der Waals surface area contributed by atoms with Crippen LogP contribution in [0.3, 0.4) is 0 Å². The van der Waals surface area contributed by atoms with Gasteiger partial charge < -0.3 is 14.2 Å². The van der Waals surface area contributed by atoms with Gasteiger partial charge in [-0.3, -0.25) is 0 Å². The SMILES string of the molecule is CCN1CCN(c2nc(-c3ccco3)nc3ccccc23)CC1. The predicted octanol–water partition coefficient (Wildman–Crippen LogP) is 3.03. The van der Waals surface area contributed by atoms with Gasteiger partial charge in [0.1, 0.15) is 5.82 Å². The summed E-state index contributed by atoms with van der Waals surface area (Å²) in [6.07, 6.45) is 1.66. The smallest absolute Gasteiger partial charge is 0.198 e. The Morgan fingerprint density at radius 1 is 1.00 bits per heavy atom. The maximum absolute atomic E-state index is 5.49. The van der Waals surface area contributed by atoms with Crippen molar-refractivity contribution in [2.45, 2.75) is 6.92 Å². The maximum atomic E-state index is 5.49. The average Bonchev–Trinajstić information content (AvgIpc) is 3.15. The van der Waals surface area contributed by atoms with E-state index in [2.05, 4.69) is 27.8 Å². The first-order chi connectivity index (χ1) is 11.3. The molecule has 0 radical (unpaired) electrons. The molecule has 1 aromatic carbocycles. The van der Waals surface area contributed by atoms with E-state index in [1.807, 2.05) is 30.3 Å². The fraction of sp³-hybridized carbons (Fsp3) is 0.333. The molecule has 1 fully saturated rings. The zero-order chi connectivity index (χ0) is 15.6. The number of piperazine rings is 1. The average molecular weight is 308 g/mol. The van der Waals surface area contributed by atoms with Crippen LogP contribution in [-0.4, -0.2) is 47.6 Å². The van der Waals surface area contributed by atoms with Crippen LogP contribution in [0, 0.1) is 0 Å². The number of benzene rings is 1. The van der Waals surface area contributed by atoms with E-state index in [-0.39, 0.29) is 0 Å². The van der Waals surface area contributed by atoms with E-state index in [0.29, 0.717) is 11.6 Å². The van der Waals surface area contributed by atoms with Crippen LogP contribution < -0.4 is 4.90 Å². The maximum Gasteiger partial charge on any atom is 0.198 e. The summed E-state index contributed by atoms with van der Waals surface area (Å²) in [4.78, 5) is 14.3. The molecule has 0 bridgehead atoms. The number of fused-ring (bicyclic) bond motifs is 1. The molecule has 5 heteroatoms. The molecule has 2 aromatic heterocycles. The minimum atomic E-state index is 0.654. The first-order valence-electron chi connectivity index (χ1n) is 8.13. The third-order valence-corrected chi connectivity index (χ3v) is 4.44. The van der Waals surface area contributed by atoms with Crippen LogP contribution in [0.2, 0.25) is 0 Å². The first kappa shape index (κ1) is 14.2. The van der Waals surface area contributed by atoms with E-state index in [4.69, 9.17) is 9.40 Å². The van der Waals surface area contributed by atoms with Gasteiger partial charge in [0.2, 0.25) is 0 Å². The molecule has 1 aliphatic rings. The van der Waals surface area contributed by atoms with Crippen LogP contribution in [0.25, 0.3) is 22.5 Å². The number of furan rings is 1. The summed E-state index contributed by atoms with van der Waals surface area (Å²) in [5.74, 6) is 2.38. The van der Waals surface area contributed by atoms with Gasteiger partial charge in [-0.1, -0.05) is 19.1 Å². The first-order valence-corrected chi connectivity index (χ1v) is 8.13. The summed E-state index contributed by atoms with van der Waals surface area (Å²) in [6, 6.07) is 12.0. The summed E-state index contributed by atoms with van der Waals surface area (Å²) in [6.45, 7) is 7.45. The van der Waals surface area contributed by atoms with Crippen molar-refractivity contribution in [3.8, 4) is 11.6 Å². The van der Waals surface area contributed by atoms with Crippen molar-refractivity contribution >= 4 is 16.7 Å². The van der Waals surface area contributed by atoms with Crippen molar-refractivity contribution in [2.24, 2.45) is 0 Å². The van der Waals surface area contributed by atoms with E-state index >= 15 is 0 Å². The van der Waals surface area contributed by atoms with Gasteiger partial charge in [0, 0.05) is 31.6 Å². The van der Waals surface area contributed by atoms with E-state index in [1.165, 1.54) is 0 Å². The van der Waals surface area contributed by atoms with Crippen molar-refractivity contribution in [1.29, 1.82) is 0 Å². The summed E-state index contributed by atoms with van der Waals surface area (Å²) in [7, 11) is 0. The second kappa shape index (κ2) is 6.01. The Balaban J connectivity index is 1.78. The highest BCUT2D eigenvalue weighted by molar-refractivity contribution is 5.90. The molecule has 0 atom stereocenters. The van der Waals surface area contributed by atoms with Gasteiger partial charge in [-0.25, -0.2) is 9.97 Å². The highest BCUT2D eigenvalue weighted by atomic mass is 16.3. The van der Waals surface area contributed by atoms with Gasteiger partial charge in [-0.15, -0.1) is 0 Å². The quantitative estimate of drug-likeness (QED) is 0.744. The molecule has 1 saturated heterocycles. The molecule has 4 rings (SSSR count). The Kier molecular flexibility index (Phi) is 3.71. The molecule has 118 valence electrons. The number of para-hydroxylation sites is 1. The molecule has 0 saturated carbocycles. The Bertz CT molecular complexity index is 792. The third-order valence-electron chi connectivity index (χ3n) is 4.44. The molecule has 3 aromatic rings. The number of hydrogen-bond donors (Lipinski definition) is 0. The second-order valence-electron chi connectivity index (χ2n) is 5.79. The van der Waals surface area contributed by atoms with Crippen LogP contribution >= 0.6 is 0 Å². The molecule has 0 spiro atoms. The van der Waals surface area contributed by atoms with Crippen LogP contribution in [0.4, 0.5) is 5.82 Å². The molecule has 23 heavy (non-hydrogen) atoms.